The van der Waals surface area contributed by atoms with E-state index in [-0.39, 0.29) is 12.4 Å². The Balaban J connectivity index is 2.65. The van der Waals surface area contributed by atoms with Gasteiger partial charge >= 0.3 is 5.97 Å². The van der Waals surface area contributed by atoms with E-state index in [0.717, 1.165) is 12.8 Å². The molecule has 0 spiro atoms. The Labute approximate surface area is 95.3 Å². The highest BCUT2D eigenvalue weighted by Crippen LogP contribution is 2.29. The van der Waals surface area contributed by atoms with Gasteiger partial charge in [0.25, 0.3) is 0 Å². The van der Waals surface area contributed by atoms with Crippen LogP contribution in [0.2, 0.25) is 0 Å². The lowest BCUT2D eigenvalue weighted by atomic mass is 9.77. The molecular weight excluding hydrogens is 208 g/mol. The third-order valence-corrected chi connectivity index (χ3v) is 3.13. The molecule has 0 aromatic carbocycles. The number of hydrogen-bond acceptors (Lipinski definition) is 4. The smallest absolute Gasteiger partial charge is 0.375 e. The first kappa shape index (κ1) is 12.9. The molecule has 1 aliphatic rings. The van der Waals surface area contributed by atoms with Crippen LogP contribution in [-0.4, -0.2) is 24.1 Å². The van der Waals surface area contributed by atoms with E-state index in [1.807, 2.05) is 6.92 Å². The van der Waals surface area contributed by atoms with Crippen LogP contribution < -0.4 is 0 Å². The molecule has 0 saturated heterocycles. The number of carbonyl (C=O) groups excluding carboxylic acids is 3. The van der Waals surface area contributed by atoms with Gasteiger partial charge in [-0.2, -0.15) is 0 Å². The minimum atomic E-state index is -0.863. The summed E-state index contributed by atoms with van der Waals surface area (Å²) >= 11 is 0. The maximum absolute atomic E-state index is 11.7. The lowest BCUT2D eigenvalue weighted by Gasteiger charge is -2.25. The molecule has 4 heteroatoms. The number of ketones is 2. The molecule has 2 unspecified atom stereocenters. The van der Waals surface area contributed by atoms with E-state index < -0.39 is 17.7 Å². The van der Waals surface area contributed by atoms with Crippen molar-refractivity contribution in [2.24, 2.45) is 11.8 Å². The van der Waals surface area contributed by atoms with Crippen molar-refractivity contribution >= 4 is 17.5 Å². The normalized spacial score (nSPS) is 25.2. The van der Waals surface area contributed by atoms with E-state index in [9.17, 15) is 14.4 Å². The highest BCUT2D eigenvalue weighted by Gasteiger charge is 2.36. The highest BCUT2D eigenvalue weighted by atomic mass is 16.5. The number of hydrogen-bond donors (Lipinski definition) is 0. The molecule has 90 valence electrons. The molecule has 1 saturated carbocycles. The maximum atomic E-state index is 11.7. The third-order valence-electron chi connectivity index (χ3n) is 3.13. The van der Waals surface area contributed by atoms with Gasteiger partial charge < -0.3 is 4.74 Å². The standard InChI is InChI=1S/C12H18O4/c1-3-8-5-6-10(13)9(7-8)11(14)12(15)16-4-2/h8-9H,3-7H2,1-2H3. The van der Waals surface area contributed by atoms with Crippen LogP contribution in [0.25, 0.3) is 0 Å². The molecule has 0 aromatic rings. The van der Waals surface area contributed by atoms with Gasteiger partial charge in [0.05, 0.1) is 12.5 Å². The summed E-state index contributed by atoms with van der Waals surface area (Å²) in [4.78, 5) is 34.5. The van der Waals surface area contributed by atoms with Crippen molar-refractivity contribution in [2.45, 2.75) is 39.5 Å². The Morgan fingerprint density at radius 2 is 2.06 bits per heavy atom. The van der Waals surface area contributed by atoms with Crippen LogP contribution in [0.3, 0.4) is 0 Å². The Bertz CT molecular complexity index is 295. The second kappa shape index (κ2) is 5.77. The minimum absolute atomic E-state index is 0.109. The lowest BCUT2D eigenvalue weighted by Crippen LogP contribution is -2.36. The highest BCUT2D eigenvalue weighted by molar-refractivity contribution is 6.38. The van der Waals surface area contributed by atoms with E-state index in [2.05, 4.69) is 4.74 Å². The van der Waals surface area contributed by atoms with Crippen LogP contribution in [-0.2, 0) is 19.1 Å². The van der Waals surface area contributed by atoms with Gasteiger partial charge in [-0.1, -0.05) is 13.3 Å². The second-order valence-electron chi connectivity index (χ2n) is 4.15. The number of esters is 1. The zero-order chi connectivity index (χ0) is 12.1. The van der Waals surface area contributed by atoms with Gasteiger partial charge in [-0.3, -0.25) is 9.59 Å². The molecule has 0 amide bonds. The van der Waals surface area contributed by atoms with Gasteiger partial charge in [0.2, 0.25) is 5.78 Å². The SMILES string of the molecule is CCOC(=O)C(=O)C1CC(CC)CCC1=O. The summed E-state index contributed by atoms with van der Waals surface area (Å²) < 4.78 is 4.63. The van der Waals surface area contributed by atoms with Crippen LogP contribution in [0.4, 0.5) is 0 Å². The van der Waals surface area contributed by atoms with E-state index in [4.69, 9.17) is 0 Å². The molecule has 0 N–H and O–H groups in total. The summed E-state index contributed by atoms with van der Waals surface area (Å²) in [5.74, 6) is -2.01. The molecule has 1 fully saturated rings. The molecule has 0 heterocycles. The summed E-state index contributed by atoms with van der Waals surface area (Å²) in [6.07, 6.45) is 2.70. The average molecular weight is 226 g/mol. The summed E-state index contributed by atoms with van der Waals surface area (Å²) in [6.45, 7) is 3.85. The van der Waals surface area contributed by atoms with Crippen LogP contribution in [0.5, 0.6) is 0 Å². The third kappa shape index (κ3) is 2.90. The molecule has 0 bridgehead atoms. The summed E-state index contributed by atoms with van der Waals surface area (Å²) in [6, 6.07) is 0. The fourth-order valence-electron chi connectivity index (χ4n) is 2.07. The van der Waals surface area contributed by atoms with Crippen molar-refractivity contribution < 1.29 is 19.1 Å². The largest absolute Gasteiger partial charge is 0.460 e. The first-order valence-corrected chi connectivity index (χ1v) is 5.83. The minimum Gasteiger partial charge on any atom is -0.460 e. The lowest BCUT2D eigenvalue weighted by molar-refractivity contribution is -0.157. The van der Waals surface area contributed by atoms with E-state index in [1.54, 1.807) is 6.92 Å². The van der Waals surface area contributed by atoms with Crippen LogP contribution in [0.1, 0.15) is 39.5 Å². The Hall–Kier alpha value is -1.19. The maximum Gasteiger partial charge on any atom is 0.375 e. The van der Waals surface area contributed by atoms with Gasteiger partial charge in [-0.05, 0) is 25.7 Å². The molecule has 1 rings (SSSR count). The number of ether oxygens (including phenoxy) is 1. The zero-order valence-electron chi connectivity index (χ0n) is 9.82. The average Bonchev–Trinajstić information content (AvgIpc) is 2.29. The number of carbonyl (C=O) groups is 3. The van der Waals surface area contributed by atoms with Crippen molar-refractivity contribution in [2.75, 3.05) is 6.61 Å². The quantitative estimate of drug-likeness (QED) is 0.414. The van der Waals surface area contributed by atoms with Crippen LogP contribution >= 0.6 is 0 Å². The summed E-state index contributed by atoms with van der Waals surface area (Å²) in [7, 11) is 0. The predicted molar refractivity (Wildman–Crippen MR) is 57.8 cm³/mol. The van der Waals surface area contributed by atoms with E-state index in [0.29, 0.717) is 18.8 Å². The first-order valence-electron chi connectivity index (χ1n) is 5.83. The molecular formula is C12H18O4. The van der Waals surface area contributed by atoms with Gasteiger partial charge in [-0.15, -0.1) is 0 Å². The van der Waals surface area contributed by atoms with Crippen molar-refractivity contribution in [3.05, 3.63) is 0 Å². The fourth-order valence-corrected chi connectivity index (χ4v) is 2.07. The molecule has 0 aliphatic heterocycles. The second-order valence-corrected chi connectivity index (χ2v) is 4.15. The van der Waals surface area contributed by atoms with E-state index in [1.165, 1.54) is 0 Å². The molecule has 0 radical (unpaired) electrons. The molecule has 0 aromatic heterocycles. The van der Waals surface area contributed by atoms with Gasteiger partial charge in [0, 0.05) is 6.42 Å². The summed E-state index contributed by atoms with van der Waals surface area (Å²) in [5, 5.41) is 0. The molecule has 2 atom stereocenters. The van der Waals surface area contributed by atoms with Gasteiger partial charge in [-0.25, -0.2) is 4.79 Å². The van der Waals surface area contributed by atoms with Crippen molar-refractivity contribution in [1.82, 2.24) is 0 Å². The molecule has 4 nitrogen and oxygen atoms in total. The Morgan fingerprint density at radius 1 is 1.38 bits per heavy atom. The van der Waals surface area contributed by atoms with Crippen molar-refractivity contribution in [1.29, 1.82) is 0 Å². The molecule has 1 aliphatic carbocycles. The van der Waals surface area contributed by atoms with Gasteiger partial charge in [0.1, 0.15) is 5.78 Å². The number of rotatable bonds is 4. The Kier molecular flexibility index (Phi) is 4.65. The zero-order valence-corrected chi connectivity index (χ0v) is 9.82. The Morgan fingerprint density at radius 3 is 2.62 bits per heavy atom. The van der Waals surface area contributed by atoms with Gasteiger partial charge in [0.15, 0.2) is 0 Å². The monoisotopic (exact) mass is 226 g/mol. The van der Waals surface area contributed by atoms with Crippen LogP contribution in [0, 0.1) is 11.8 Å². The van der Waals surface area contributed by atoms with Crippen LogP contribution in [0.15, 0.2) is 0 Å². The molecule has 16 heavy (non-hydrogen) atoms. The predicted octanol–water partition coefficient (Wildman–Crippen LogP) is 1.51. The van der Waals surface area contributed by atoms with E-state index >= 15 is 0 Å². The number of Topliss-reactive ketones (excluding diaryl/α,β-unsaturated/α-hetero) is 2. The van der Waals surface area contributed by atoms with Crippen molar-refractivity contribution in [3.63, 3.8) is 0 Å². The summed E-state index contributed by atoms with van der Waals surface area (Å²) in [5.41, 5.74) is 0. The fraction of sp³-hybridized carbons (Fsp3) is 0.750. The van der Waals surface area contributed by atoms with Crippen molar-refractivity contribution in [3.8, 4) is 0 Å². The topological polar surface area (TPSA) is 60.4 Å². The first-order chi connectivity index (χ1) is 7.60.